The van der Waals surface area contributed by atoms with Crippen LogP contribution in [-0.4, -0.2) is 38.8 Å². The molecule has 0 saturated heterocycles. The number of aryl methyl sites for hydroxylation is 1. The van der Waals surface area contributed by atoms with Crippen LogP contribution in [0.3, 0.4) is 0 Å². The average molecular weight is 313 g/mol. The van der Waals surface area contributed by atoms with Crippen LogP contribution in [0.25, 0.3) is 0 Å². The number of benzene rings is 1. The van der Waals surface area contributed by atoms with Gasteiger partial charge in [-0.25, -0.2) is 8.42 Å². The highest BCUT2D eigenvalue weighted by Crippen LogP contribution is 2.15. The van der Waals surface area contributed by atoms with E-state index in [2.05, 4.69) is 5.32 Å². The summed E-state index contributed by atoms with van der Waals surface area (Å²) in [5.41, 5.74) is 1.12. The van der Waals surface area contributed by atoms with Crippen LogP contribution in [0, 0.1) is 12.8 Å². The number of nitrogens with one attached hydrogen (secondary N) is 1. The Hall–Kier alpha value is -1.40. The van der Waals surface area contributed by atoms with Crippen molar-refractivity contribution in [3.8, 4) is 0 Å². The van der Waals surface area contributed by atoms with Gasteiger partial charge in [0.15, 0.2) is 9.84 Å². The molecule has 0 heterocycles. The van der Waals surface area contributed by atoms with E-state index in [1.54, 1.807) is 13.0 Å². The van der Waals surface area contributed by atoms with Gasteiger partial charge < -0.3 is 10.4 Å². The number of aliphatic hydroxyl groups is 1. The minimum Gasteiger partial charge on any atom is -0.396 e. The van der Waals surface area contributed by atoms with Crippen LogP contribution in [0.1, 0.15) is 35.7 Å². The molecule has 0 unspecified atom stereocenters. The van der Waals surface area contributed by atoms with E-state index in [1.807, 2.05) is 6.92 Å². The minimum absolute atomic E-state index is 0.142. The molecular weight excluding hydrogens is 290 g/mol. The van der Waals surface area contributed by atoms with Crippen LogP contribution in [0.15, 0.2) is 23.1 Å². The second-order valence-corrected chi connectivity index (χ2v) is 7.45. The summed E-state index contributed by atoms with van der Waals surface area (Å²) >= 11 is 0. The van der Waals surface area contributed by atoms with Crippen LogP contribution in [0.4, 0.5) is 0 Å². The first-order valence-corrected chi connectivity index (χ1v) is 8.84. The van der Waals surface area contributed by atoms with E-state index in [0.717, 1.165) is 24.7 Å². The standard InChI is InChI=1S/C15H23NO4S/c1-11(10-17)5-4-8-16-15(18)14-9-13(21(3,19)20)7-6-12(14)2/h6-7,9,11,17H,4-5,8,10H2,1-3H3,(H,16,18)/t11-/m1/s1. The molecule has 0 bridgehead atoms. The summed E-state index contributed by atoms with van der Waals surface area (Å²) in [6, 6.07) is 4.56. The Bertz CT molecular complexity index is 596. The molecule has 5 nitrogen and oxygen atoms in total. The molecule has 0 radical (unpaired) electrons. The van der Waals surface area contributed by atoms with Gasteiger partial charge in [-0.15, -0.1) is 0 Å². The zero-order chi connectivity index (χ0) is 16.0. The Balaban J connectivity index is 2.70. The topological polar surface area (TPSA) is 83.5 Å². The van der Waals surface area contributed by atoms with Gasteiger partial charge in [-0.2, -0.15) is 0 Å². The molecular formula is C15H23NO4S. The summed E-state index contributed by atoms with van der Waals surface area (Å²) in [5.74, 6) is -0.0492. The Labute approximate surface area is 126 Å². The zero-order valence-corrected chi connectivity index (χ0v) is 13.5. The van der Waals surface area contributed by atoms with Gasteiger partial charge in [0.25, 0.3) is 5.91 Å². The maximum Gasteiger partial charge on any atom is 0.251 e. The van der Waals surface area contributed by atoms with Crippen molar-refractivity contribution < 1.29 is 18.3 Å². The molecule has 0 spiro atoms. The molecule has 0 aliphatic heterocycles. The third kappa shape index (κ3) is 5.47. The highest BCUT2D eigenvalue weighted by molar-refractivity contribution is 7.90. The molecule has 1 aromatic carbocycles. The van der Waals surface area contributed by atoms with Gasteiger partial charge in [0.2, 0.25) is 0 Å². The molecule has 1 amide bonds. The number of sulfone groups is 1. The van der Waals surface area contributed by atoms with Crippen molar-refractivity contribution in [1.82, 2.24) is 5.32 Å². The fourth-order valence-electron chi connectivity index (χ4n) is 1.92. The summed E-state index contributed by atoms with van der Waals surface area (Å²) < 4.78 is 23.1. The Morgan fingerprint density at radius 1 is 1.38 bits per heavy atom. The number of amides is 1. The van der Waals surface area contributed by atoms with Crippen LogP contribution in [0.2, 0.25) is 0 Å². The number of rotatable bonds is 7. The molecule has 0 saturated carbocycles. The van der Waals surface area contributed by atoms with Gasteiger partial charge in [0, 0.05) is 25.0 Å². The lowest BCUT2D eigenvalue weighted by Gasteiger charge is -2.10. The molecule has 1 aromatic rings. The van der Waals surface area contributed by atoms with E-state index in [1.165, 1.54) is 12.1 Å². The predicted octanol–water partition coefficient (Wildman–Crippen LogP) is 1.54. The third-order valence-electron chi connectivity index (χ3n) is 3.35. The predicted molar refractivity (Wildman–Crippen MR) is 82.1 cm³/mol. The van der Waals surface area contributed by atoms with Crippen molar-refractivity contribution in [2.24, 2.45) is 5.92 Å². The van der Waals surface area contributed by atoms with Gasteiger partial charge in [-0.1, -0.05) is 13.0 Å². The lowest BCUT2D eigenvalue weighted by Crippen LogP contribution is -2.26. The molecule has 2 N–H and O–H groups in total. The van der Waals surface area contributed by atoms with Crippen molar-refractivity contribution in [3.63, 3.8) is 0 Å². The summed E-state index contributed by atoms with van der Waals surface area (Å²) in [4.78, 5) is 12.2. The number of hydrogen-bond acceptors (Lipinski definition) is 4. The highest BCUT2D eigenvalue weighted by Gasteiger charge is 2.14. The first-order chi connectivity index (χ1) is 9.75. The van der Waals surface area contributed by atoms with E-state index >= 15 is 0 Å². The lowest BCUT2D eigenvalue weighted by molar-refractivity contribution is 0.0951. The van der Waals surface area contributed by atoms with Crippen LogP contribution < -0.4 is 5.32 Å². The quantitative estimate of drug-likeness (QED) is 0.748. The summed E-state index contributed by atoms with van der Waals surface area (Å²) in [7, 11) is -3.32. The fraction of sp³-hybridized carbons (Fsp3) is 0.533. The number of aliphatic hydroxyl groups excluding tert-OH is 1. The van der Waals surface area contributed by atoms with Crippen molar-refractivity contribution in [1.29, 1.82) is 0 Å². The average Bonchev–Trinajstić information content (AvgIpc) is 2.42. The maximum absolute atomic E-state index is 12.1. The molecule has 0 aromatic heterocycles. The smallest absolute Gasteiger partial charge is 0.251 e. The molecule has 21 heavy (non-hydrogen) atoms. The molecule has 1 rings (SSSR count). The Morgan fingerprint density at radius 2 is 2.05 bits per heavy atom. The summed E-state index contributed by atoms with van der Waals surface area (Å²) in [6.07, 6.45) is 2.73. The van der Waals surface area contributed by atoms with Crippen molar-refractivity contribution >= 4 is 15.7 Å². The van der Waals surface area contributed by atoms with E-state index in [0.29, 0.717) is 12.1 Å². The zero-order valence-electron chi connectivity index (χ0n) is 12.7. The van der Waals surface area contributed by atoms with E-state index in [9.17, 15) is 13.2 Å². The number of hydrogen-bond donors (Lipinski definition) is 2. The van der Waals surface area contributed by atoms with Gasteiger partial charge in [0.05, 0.1) is 4.90 Å². The molecule has 118 valence electrons. The van der Waals surface area contributed by atoms with Crippen LogP contribution >= 0.6 is 0 Å². The SMILES string of the molecule is Cc1ccc(S(C)(=O)=O)cc1C(=O)NCCC[C@@H](C)CO. The lowest BCUT2D eigenvalue weighted by atomic mass is 10.1. The van der Waals surface area contributed by atoms with Crippen molar-refractivity contribution in [3.05, 3.63) is 29.3 Å². The first-order valence-electron chi connectivity index (χ1n) is 6.95. The second kappa shape index (κ2) is 7.56. The fourth-order valence-corrected chi connectivity index (χ4v) is 2.56. The molecule has 0 fully saturated rings. The van der Waals surface area contributed by atoms with Crippen LogP contribution in [-0.2, 0) is 9.84 Å². The second-order valence-electron chi connectivity index (χ2n) is 5.43. The summed E-state index contributed by atoms with van der Waals surface area (Å²) in [6.45, 7) is 4.37. The molecule has 6 heteroatoms. The molecule has 0 aliphatic carbocycles. The van der Waals surface area contributed by atoms with E-state index in [-0.39, 0.29) is 23.3 Å². The molecule has 0 aliphatic rings. The monoisotopic (exact) mass is 313 g/mol. The third-order valence-corrected chi connectivity index (χ3v) is 4.46. The largest absolute Gasteiger partial charge is 0.396 e. The number of carbonyl (C=O) groups excluding carboxylic acids is 1. The van der Waals surface area contributed by atoms with E-state index < -0.39 is 9.84 Å². The Morgan fingerprint density at radius 3 is 2.62 bits per heavy atom. The maximum atomic E-state index is 12.1. The Kier molecular flexibility index (Phi) is 6.36. The van der Waals surface area contributed by atoms with Crippen molar-refractivity contribution in [2.45, 2.75) is 31.6 Å². The van der Waals surface area contributed by atoms with Gasteiger partial charge in [-0.3, -0.25) is 4.79 Å². The highest BCUT2D eigenvalue weighted by atomic mass is 32.2. The normalized spacial score (nSPS) is 13.0. The summed E-state index contributed by atoms with van der Waals surface area (Å²) in [5, 5.41) is 11.7. The number of carbonyl (C=O) groups is 1. The van der Waals surface area contributed by atoms with Gasteiger partial charge in [-0.05, 0) is 43.4 Å². The van der Waals surface area contributed by atoms with Gasteiger partial charge >= 0.3 is 0 Å². The van der Waals surface area contributed by atoms with Crippen molar-refractivity contribution in [2.75, 3.05) is 19.4 Å². The van der Waals surface area contributed by atoms with Gasteiger partial charge in [0.1, 0.15) is 0 Å². The van der Waals surface area contributed by atoms with Crippen LogP contribution in [0.5, 0.6) is 0 Å². The van der Waals surface area contributed by atoms with E-state index in [4.69, 9.17) is 5.11 Å². The minimum atomic E-state index is -3.32. The first kappa shape index (κ1) is 17.7. The molecule has 1 atom stereocenters.